The molecule has 0 saturated carbocycles. The van der Waals surface area contributed by atoms with E-state index in [4.69, 9.17) is 11.6 Å². The summed E-state index contributed by atoms with van der Waals surface area (Å²) >= 11 is 6.05. The fourth-order valence-electron chi connectivity index (χ4n) is 2.42. The molecule has 2 heterocycles. The van der Waals surface area contributed by atoms with Crippen LogP contribution >= 0.6 is 11.6 Å². The summed E-state index contributed by atoms with van der Waals surface area (Å²) in [6, 6.07) is 8.91. The fourth-order valence-corrected chi connectivity index (χ4v) is 2.64. The third-order valence-electron chi connectivity index (χ3n) is 3.47. The zero-order valence-corrected chi connectivity index (χ0v) is 12.0. The molecule has 108 valence electrons. The van der Waals surface area contributed by atoms with E-state index < -0.39 is 0 Å². The second kappa shape index (κ2) is 4.85. The lowest BCUT2D eigenvalue weighted by molar-refractivity contribution is 0.102. The zero-order chi connectivity index (χ0) is 15.1. The zero-order valence-electron chi connectivity index (χ0n) is 11.2. The third kappa shape index (κ3) is 2.10. The summed E-state index contributed by atoms with van der Waals surface area (Å²) in [5.41, 5.74) is 2.73. The standard InChI is InChI=1S/C15H10ClN5O/c16-9-3-11(12-7-18-21-14(12)4-9)15(22)19-10-2-1-8-6-17-20-13(8)5-10/h1-7H,(H,17,20)(H,18,21)(H,19,22). The Kier molecular flexibility index (Phi) is 2.83. The Hall–Kier alpha value is -2.86. The minimum atomic E-state index is -0.243. The van der Waals surface area contributed by atoms with Crippen LogP contribution in [0, 0.1) is 0 Å². The Balaban J connectivity index is 1.72. The molecule has 4 rings (SSSR count). The van der Waals surface area contributed by atoms with Crippen LogP contribution in [0.3, 0.4) is 0 Å². The number of aromatic amines is 2. The van der Waals surface area contributed by atoms with Crippen molar-refractivity contribution in [1.29, 1.82) is 0 Å². The van der Waals surface area contributed by atoms with Crippen LogP contribution in [0.25, 0.3) is 21.8 Å². The van der Waals surface area contributed by atoms with Crippen molar-refractivity contribution in [3.05, 3.63) is 53.3 Å². The first-order chi connectivity index (χ1) is 10.7. The topological polar surface area (TPSA) is 86.5 Å². The molecule has 2 aromatic heterocycles. The highest BCUT2D eigenvalue weighted by Crippen LogP contribution is 2.24. The van der Waals surface area contributed by atoms with Gasteiger partial charge in [-0.2, -0.15) is 10.2 Å². The van der Waals surface area contributed by atoms with E-state index in [1.54, 1.807) is 24.5 Å². The second-order valence-electron chi connectivity index (χ2n) is 4.91. The smallest absolute Gasteiger partial charge is 0.256 e. The maximum atomic E-state index is 12.5. The summed E-state index contributed by atoms with van der Waals surface area (Å²) in [4.78, 5) is 12.5. The summed E-state index contributed by atoms with van der Waals surface area (Å²) < 4.78 is 0. The van der Waals surface area contributed by atoms with E-state index in [9.17, 15) is 4.79 Å². The minimum absolute atomic E-state index is 0.243. The predicted molar refractivity (Wildman–Crippen MR) is 85.2 cm³/mol. The van der Waals surface area contributed by atoms with Crippen molar-refractivity contribution in [2.75, 3.05) is 5.32 Å². The molecule has 0 aliphatic rings. The van der Waals surface area contributed by atoms with Crippen LogP contribution in [0.4, 0.5) is 5.69 Å². The lowest BCUT2D eigenvalue weighted by atomic mass is 10.1. The van der Waals surface area contributed by atoms with Crippen molar-refractivity contribution in [3.63, 3.8) is 0 Å². The first-order valence-electron chi connectivity index (χ1n) is 6.58. The van der Waals surface area contributed by atoms with Crippen LogP contribution < -0.4 is 5.32 Å². The highest BCUT2D eigenvalue weighted by atomic mass is 35.5. The number of anilines is 1. The van der Waals surface area contributed by atoms with Gasteiger partial charge in [0.15, 0.2) is 0 Å². The van der Waals surface area contributed by atoms with Gasteiger partial charge in [0.2, 0.25) is 0 Å². The number of nitrogens with one attached hydrogen (secondary N) is 3. The van der Waals surface area contributed by atoms with Crippen molar-refractivity contribution in [3.8, 4) is 0 Å². The number of hydrogen-bond donors (Lipinski definition) is 3. The van der Waals surface area contributed by atoms with Crippen LogP contribution in [0.5, 0.6) is 0 Å². The van der Waals surface area contributed by atoms with Crippen LogP contribution in [0.15, 0.2) is 42.7 Å². The molecule has 0 bridgehead atoms. The summed E-state index contributed by atoms with van der Waals surface area (Å²) in [5.74, 6) is -0.243. The lowest BCUT2D eigenvalue weighted by Crippen LogP contribution is -2.12. The molecule has 3 N–H and O–H groups in total. The molecule has 6 nitrogen and oxygen atoms in total. The average molecular weight is 312 g/mol. The Morgan fingerprint density at radius 2 is 1.86 bits per heavy atom. The number of rotatable bonds is 2. The van der Waals surface area contributed by atoms with E-state index >= 15 is 0 Å². The quantitative estimate of drug-likeness (QED) is 0.530. The summed E-state index contributed by atoms with van der Waals surface area (Å²) in [6.07, 6.45) is 3.34. The van der Waals surface area contributed by atoms with Gasteiger partial charge in [-0.1, -0.05) is 11.6 Å². The van der Waals surface area contributed by atoms with Crippen LogP contribution in [0.1, 0.15) is 10.4 Å². The van der Waals surface area contributed by atoms with Crippen molar-refractivity contribution in [2.45, 2.75) is 0 Å². The van der Waals surface area contributed by atoms with E-state index in [1.165, 1.54) is 0 Å². The van der Waals surface area contributed by atoms with E-state index in [0.717, 1.165) is 21.8 Å². The number of halogens is 1. The molecule has 0 unspecified atom stereocenters. The molecule has 0 fully saturated rings. The van der Waals surface area contributed by atoms with Gasteiger partial charge in [-0.05, 0) is 30.3 Å². The first-order valence-corrected chi connectivity index (χ1v) is 6.95. The van der Waals surface area contributed by atoms with Gasteiger partial charge in [-0.15, -0.1) is 0 Å². The molecule has 4 aromatic rings. The van der Waals surface area contributed by atoms with E-state index in [2.05, 4.69) is 25.7 Å². The molecule has 0 aliphatic heterocycles. The second-order valence-corrected chi connectivity index (χ2v) is 5.35. The monoisotopic (exact) mass is 311 g/mol. The Morgan fingerprint density at radius 3 is 2.77 bits per heavy atom. The molecule has 0 atom stereocenters. The first kappa shape index (κ1) is 12.8. The number of carbonyl (C=O) groups is 1. The minimum Gasteiger partial charge on any atom is -0.322 e. The molecular formula is C15H10ClN5O. The third-order valence-corrected chi connectivity index (χ3v) is 3.69. The Bertz CT molecular complexity index is 1000. The maximum absolute atomic E-state index is 12.5. The average Bonchev–Trinajstić information content (AvgIpc) is 3.13. The van der Waals surface area contributed by atoms with E-state index in [1.807, 2.05) is 18.2 Å². The molecule has 0 spiro atoms. The largest absolute Gasteiger partial charge is 0.322 e. The summed E-state index contributed by atoms with van der Waals surface area (Å²) in [6.45, 7) is 0. The van der Waals surface area contributed by atoms with Gasteiger partial charge in [-0.3, -0.25) is 15.0 Å². The molecule has 1 amide bonds. The van der Waals surface area contributed by atoms with Gasteiger partial charge < -0.3 is 5.32 Å². The van der Waals surface area contributed by atoms with Crippen molar-refractivity contribution < 1.29 is 4.79 Å². The maximum Gasteiger partial charge on any atom is 0.256 e. The number of benzene rings is 2. The number of amides is 1. The highest BCUT2D eigenvalue weighted by molar-refractivity contribution is 6.32. The molecule has 2 aromatic carbocycles. The molecule has 0 radical (unpaired) electrons. The Labute approximate surface area is 129 Å². The van der Waals surface area contributed by atoms with Gasteiger partial charge in [0, 0.05) is 21.5 Å². The molecule has 0 aliphatic carbocycles. The van der Waals surface area contributed by atoms with Crippen molar-refractivity contribution in [2.24, 2.45) is 0 Å². The lowest BCUT2D eigenvalue weighted by Gasteiger charge is -2.07. The number of carbonyl (C=O) groups excluding carboxylic acids is 1. The normalized spacial score (nSPS) is 11.1. The van der Waals surface area contributed by atoms with Crippen LogP contribution in [-0.2, 0) is 0 Å². The molecular weight excluding hydrogens is 302 g/mol. The van der Waals surface area contributed by atoms with Gasteiger partial charge in [0.05, 0.1) is 29.0 Å². The molecule has 22 heavy (non-hydrogen) atoms. The fraction of sp³-hybridized carbons (Fsp3) is 0. The van der Waals surface area contributed by atoms with Gasteiger partial charge in [-0.25, -0.2) is 0 Å². The number of hydrogen-bond acceptors (Lipinski definition) is 3. The van der Waals surface area contributed by atoms with Crippen LogP contribution in [0.2, 0.25) is 5.02 Å². The van der Waals surface area contributed by atoms with Gasteiger partial charge in [0.1, 0.15) is 0 Å². The SMILES string of the molecule is O=C(Nc1ccc2cn[nH]c2c1)c1cc(Cl)cc2[nH]ncc12. The number of nitrogens with zero attached hydrogens (tertiary/aromatic N) is 2. The number of H-pyrrole nitrogens is 2. The number of aromatic nitrogens is 4. The molecule has 0 saturated heterocycles. The van der Waals surface area contributed by atoms with Crippen molar-refractivity contribution >= 4 is 45.0 Å². The predicted octanol–water partition coefficient (Wildman–Crippen LogP) is 3.34. The van der Waals surface area contributed by atoms with Gasteiger partial charge >= 0.3 is 0 Å². The van der Waals surface area contributed by atoms with Crippen molar-refractivity contribution in [1.82, 2.24) is 20.4 Å². The summed E-state index contributed by atoms with van der Waals surface area (Å²) in [5, 5.41) is 18.6. The number of fused-ring (bicyclic) bond motifs is 2. The highest BCUT2D eigenvalue weighted by Gasteiger charge is 2.13. The Morgan fingerprint density at radius 1 is 1.05 bits per heavy atom. The molecule has 7 heteroatoms. The van der Waals surface area contributed by atoms with E-state index in [0.29, 0.717) is 16.3 Å². The van der Waals surface area contributed by atoms with E-state index in [-0.39, 0.29) is 5.91 Å². The van der Waals surface area contributed by atoms with Gasteiger partial charge in [0.25, 0.3) is 5.91 Å². The summed E-state index contributed by atoms with van der Waals surface area (Å²) in [7, 11) is 0. The van der Waals surface area contributed by atoms with Crippen LogP contribution in [-0.4, -0.2) is 26.3 Å².